The van der Waals surface area contributed by atoms with Gasteiger partial charge in [0.2, 0.25) is 0 Å². The van der Waals surface area contributed by atoms with Crippen molar-refractivity contribution in [2.24, 2.45) is 5.92 Å². The summed E-state index contributed by atoms with van der Waals surface area (Å²) in [6.07, 6.45) is 2.35. The van der Waals surface area contributed by atoms with Crippen LogP contribution >= 0.6 is 0 Å². The van der Waals surface area contributed by atoms with Gasteiger partial charge in [0.05, 0.1) is 0 Å². The molecule has 112 valence electrons. The summed E-state index contributed by atoms with van der Waals surface area (Å²) < 4.78 is 0. The minimum absolute atomic E-state index is 0.731. The summed E-state index contributed by atoms with van der Waals surface area (Å²) >= 11 is 0. The van der Waals surface area contributed by atoms with Crippen LogP contribution in [-0.2, 0) is 0 Å². The van der Waals surface area contributed by atoms with E-state index >= 15 is 0 Å². The smallest absolute Gasteiger partial charge is 0.0257 e. The second kappa shape index (κ2) is 15.1. The summed E-state index contributed by atoms with van der Waals surface area (Å²) in [5, 5.41) is 0. The van der Waals surface area contributed by atoms with Crippen molar-refractivity contribution in [1.82, 2.24) is 4.90 Å². The van der Waals surface area contributed by atoms with Crippen LogP contribution in [0, 0.1) is 88.9 Å². The van der Waals surface area contributed by atoms with Crippen LogP contribution in [0.4, 0.5) is 0 Å². The van der Waals surface area contributed by atoms with Crippen LogP contribution in [0.1, 0.15) is 33.6 Å². The second-order valence-electron chi connectivity index (χ2n) is 4.82. The first-order valence-electron chi connectivity index (χ1n) is 7.30. The molecule has 0 spiro atoms. The van der Waals surface area contributed by atoms with E-state index in [0.717, 1.165) is 18.9 Å². The Balaban J connectivity index is 4.19. The maximum Gasteiger partial charge on any atom is 0.0257 e. The maximum atomic E-state index is 2.95. The summed E-state index contributed by atoms with van der Waals surface area (Å²) in [5.74, 6) is 34.5. The maximum absolute atomic E-state index is 2.95. The average Bonchev–Trinajstić information content (AvgIpc) is 2.51. The van der Waals surface area contributed by atoms with Gasteiger partial charge in [-0.15, -0.1) is 0 Å². The number of nitrogens with zero attached hydrogens (tertiary/aromatic N) is 1. The van der Waals surface area contributed by atoms with Gasteiger partial charge in [-0.25, -0.2) is 0 Å². The molecular formula is C22H19N. The fourth-order valence-electron chi connectivity index (χ4n) is 1.29. The van der Waals surface area contributed by atoms with Crippen LogP contribution in [0.25, 0.3) is 0 Å². The van der Waals surface area contributed by atoms with Crippen LogP contribution in [0.15, 0.2) is 0 Å². The van der Waals surface area contributed by atoms with Crippen molar-refractivity contribution in [3.63, 3.8) is 0 Å². The van der Waals surface area contributed by atoms with E-state index in [4.69, 9.17) is 0 Å². The molecule has 1 nitrogen and oxygen atoms in total. The number of hydrogen-bond acceptors (Lipinski definition) is 1. The lowest BCUT2D eigenvalue weighted by atomic mass is 10.1. The van der Waals surface area contributed by atoms with Gasteiger partial charge in [0.15, 0.2) is 0 Å². The Morgan fingerprint density at radius 1 is 0.696 bits per heavy atom. The van der Waals surface area contributed by atoms with Gasteiger partial charge in [0.1, 0.15) is 0 Å². The monoisotopic (exact) mass is 297 g/mol. The first-order valence-corrected chi connectivity index (χ1v) is 7.30. The van der Waals surface area contributed by atoms with Crippen molar-refractivity contribution in [3.8, 4) is 83.0 Å². The summed E-state index contributed by atoms with van der Waals surface area (Å²) in [6, 6.07) is 2.95. The van der Waals surface area contributed by atoms with Crippen molar-refractivity contribution < 1.29 is 0 Å². The molecule has 0 aliphatic heterocycles. The van der Waals surface area contributed by atoms with Crippen LogP contribution in [0.3, 0.4) is 0 Å². The van der Waals surface area contributed by atoms with Crippen molar-refractivity contribution in [2.45, 2.75) is 33.6 Å². The van der Waals surface area contributed by atoms with Crippen molar-refractivity contribution in [2.75, 3.05) is 13.6 Å². The Hall–Kier alpha value is -3.28. The Morgan fingerprint density at radius 2 is 1.13 bits per heavy atom. The summed E-state index contributed by atoms with van der Waals surface area (Å²) in [7, 11) is 1.96. The van der Waals surface area contributed by atoms with Gasteiger partial charge >= 0.3 is 0 Å². The van der Waals surface area contributed by atoms with Crippen LogP contribution in [0.5, 0.6) is 0 Å². The lowest BCUT2D eigenvalue weighted by Gasteiger charge is -2.10. The molecule has 0 atom stereocenters. The lowest BCUT2D eigenvalue weighted by Crippen LogP contribution is -2.13. The Bertz CT molecular complexity index is 793. The molecule has 0 radical (unpaired) electrons. The highest BCUT2D eigenvalue weighted by atomic mass is 15.1. The molecule has 23 heavy (non-hydrogen) atoms. The van der Waals surface area contributed by atoms with Gasteiger partial charge in [-0.2, -0.15) is 0 Å². The minimum atomic E-state index is 0.731. The molecule has 0 fully saturated rings. The fraction of sp³-hybridized carbons (Fsp3) is 0.364. The largest absolute Gasteiger partial charge is 0.335 e. The van der Waals surface area contributed by atoms with Gasteiger partial charge in [0, 0.05) is 55.2 Å². The van der Waals surface area contributed by atoms with Crippen LogP contribution in [0.2, 0.25) is 0 Å². The Labute approximate surface area is 141 Å². The molecule has 0 aliphatic carbocycles. The topological polar surface area (TPSA) is 3.24 Å². The second-order valence-corrected chi connectivity index (χ2v) is 4.82. The molecule has 0 aromatic carbocycles. The van der Waals surface area contributed by atoms with E-state index in [0.29, 0.717) is 0 Å². The van der Waals surface area contributed by atoms with Gasteiger partial charge < -0.3 is 4.90 Å². The third-order valence-corrected chi connectivity index (χ3v) is 2.33. The van der Waals surface area contributed by atoms with Crippen molar-refractivity contribution in [1.29, 1.82) is 0 Å². The van der Waals surface area contributed by atoms with Gasteiger partial charge in [-0.3, -0.25) is 0 Å². The van der Waals surface area contributed by atoms with Gasteiger partial charge in [-0.05, 0) is 61.2 Å². The molecule has 0 N–H and O–H groups in total. The zero-order valence-electron chi connectivity index (χ0n) is 14.1. The summed E-state index contributed by atoms with van der Waals surface area (Å²) in [4.78, 5) is 1.95. The van der Waals surface area contributed by atoms with Gasteiger partial charge in [-0.1, -0.05) is 19.8 Å². The highest BCUT2D eigenvalue weighted by Gasteiger charge is 1.95. The predicted molar refractivity (Wildman–Crippen MR) is 96.8 cm³/mol. The first-order chi connectivity index (χ1) is 11.2. The van der Waals surface area contributed by atoms with E-state index in [1.165, 1.54) is 6.42 Å². The van der Waals surface area contributed by atoms with E-state index in [1.807, 2.05) is 11.9 Å². The SMILES string of the molecule is CC#CC#CC#CC#CC#CC#CC#CN(C)CCCC(C)C. The quantitative estimate of drug-likeness (QED) is 0.569. The van der Waals surface area contributed by atoms with Crippen LogP contribution < -0.4 is 0 Å². The molecular weight excluding hydrogens is 278 g/mol. The van der Waals surface area contributed by atoms with E-state index in [9.17, 15) is 0 Å². The summed E-state index contributed by atoms with van der Waals surface area (Å²) in [6.45, 7) is 7.11. The van der Waals surface area contributed by atoms with Crippen molar-refractivity contribution in [3.05, 3.63) is 0 Å². The van der Waals surface area contributed by atoms with Gasteiger partial charge in [0.25, 0.3) is 0 Å². The third kappa shape index (κ3) is 16.7. The van der Waals surface area contributed by atoms with E-state index in [1.54, 1.807) is 6.92 Å². The molecule has 0 aromatic rings. The predicted octanol–water partition coefficient (Wildman–Crippen LogP) is 2.36. The molecule has 0 aromatic heterocycles. The molecule has 0 aliphatic rings. The van der Waals surface area contributed by atoms with E-state index < -0.39 is 0 Å². The molecule has 0 bridgehead atoms. The Morgan fingerprint density at radius 3 is 1.57 bits per heavy atom. The van der Waals surface area contributed by atoms with E-state index in [-0.39, 0.29) is 0 Å². The molecule has 0 rings (SSSR count). The lowest BCUT2D eigenvalue weighted by molar-refractivity contribution is 0.431. The van der Waals surface area contributed by atoms with E-state index in [2.05, 4.69) is 96.9 Å². The highest BCUT2D eigenvalue weighted by Crippen LogP contribution is 2.03. The average molecular weight is 297 g/mol. The van der Waals surface area contributed by atoms with Crippen molar-refractivity contribution >= 4 is 0 Å². The Kier molecular flexibility index (Phi) is 13.0. The highest BCUT2D eigenvalue weighted by molar-refractivity contribution is 5.45. The normalized spacial score (nSPS) is 6.48. The third-order valence-electron chi connectivity index (χ3n) is 2.33. The standard InChI is InChI=1S/C22H19N/c1-5-6-7-8-9-10-11-12-13-14-15-16-17-20-23(4)21-18-19-22(2)3/h22H,18-19,21H2,1-4H3. The van der Waals surface area contributed by atoms with Crippen LogP contribution in [-0.4, -0.2) is 18.5 Å². The molecule has 0 amide bonds. The zero-order valence-corrected chi connectivity index (χ0v) is 14.1. The minimum Gasteiger partial charge on any atom is -0.335 e. The first kappa shape index (κ1) is 19.7. The molecule has 0 saturated carbocycles. The number of hydrogen-bond donors (Lipinski definition) is 0. The molecule has 1 heteroatoms. The zero-order chi connectivity index (χ0) is 17.2. The fourth-order valence-corrected chi connectivity index (χ4v) is 1.29. The molecule has 0 heterocycles. The number of rotatable bonds is 4. The molecule has 0 saturated heterocycles. The molecule has 0 unspecified atom stereocenters. The summed E-state index contributed by atoms with van der Waals surface area (Å²) in [5.41, 5.74) is 0.